The van der Waals surface area contributed by atoms with Gasteiger partial charge in [-0.15, -0.1) is 0 Å². The monoisotopic (exact) mass is 427 g/mol. The van der Waals surface area contributed by atoms with E-state index in [1.54, 1.807) is 14.2 Å². The zero-order valence-electron chi connectivity index (χ0n) is 18.4. The van der Waals surface area contributed by atoms with E-state index in [4.69, 9.17) is 14.2 Å². The molecule has 31 heavy (non-hydrogen) atoms. The van der Waals surface area contributed by atoms with Crippen LogP contribution in [0.5, 0.6) is 11.5 Å². The lowest BCUT2D eigenvalue weighted by Gasteiger charge is -2.24. The van der Waals surface area contributed by atoms with Gasteiger partial charge in [0.2, 0.25) is 0 Å². The quantitative estimate of drug-likeness (QED) is 0.412. The third-order valence-electron chi connectivity index (χ3n) is 5.23. The molecule has 8 heteroatoms. The smallest absolute Gasteiger partial charge is 0.259 e. The molecule has 166 valence electrons. The highest BCUT2D eigenvalue weighted by atomic mass is 16.5. The van der Waals surface area contributed by atoms with Gasteiger partial charge in [-0.2, -0.15) is 5.10 Å². The number of ether oxygens (including phenoxy) is 3. The Hall–Kier alpha value is -3.10. The Morgan fingerprint density at radius 1 is 1.10 bits per heavy atom. The number of hydrogen-bond donors (Lipinski definition) is 3. The van der Waals surface area contributed by atoms with Crippen LogP contribution in [0.25, 0.3) is 0 Å². The summed E-state index contributed by atoms with van der Waals surface area (Å²) < 4.78 is 16.1. The average molecular weight is 428 g/mol. The van der Waals surface area contributed by atoms with Gasteiger partial charge in [-0.25, -0.2) is 5.43 Å². The molecular weight excluding hydrogens is 396 g/mol. The lowest BCUT2D eigenvalue weighted by molar-refractivity contribution is -0.921. The molecule has 1 saturated heterocycles. The highest BCUT2D eigenvalue weighted by Crippen LogP contribution is 2.20. The van der Waals surface area contributed by atoms with E-state index in [0.29, 0.717) is 0 Å². The third kappa shape index (κ3) is 6.70. The molecular formula is C23H31N4O4+. The summed E-state index contributed by atoms with van der Waals surface area (Å²) in [5.41, 5.74) is 6.26. The van der Waals surface area contributed by atoms with Gasteiger partial charge in [-0.1, -0.05) is 0 Å². The van der Waals surface area contributed by atoms with Gasteiger partial charge >= 0.3 is 0 Å². The second-order valence-corrected chi connectivity index (χ2v) is 7.38. The second kappa shape index (κ2) is 11.3. The van der Waals surface area contributed by atoms with Crippen molar-refractivity contribution in [2.45, 2.75) is 13.5 Å². The topological polar surface area (TPSA) is 85.6 Å². The van der Waals surface area contributed by atoms with Crippen molar-refractivity contribution in [1.82, 2.24) is 5.43 Å². The molecule has 0 aromatic heterocycles. The first-order valence-corrected chi connectivity index (χ1v) is 10.4. The number of morpholine rings is 1. The molecule has 3 N–H and O–H groups in total. The van der Waals surface area contributed by atoms with Crippen LogP contribution in [0.3, 0.4) is 0 Å². The molecule has 1 heterocycles. The lowest BCUT2D eigenvalue weighted by atomic mass is 10.1. The Kier molecular flexibility index (Phi) is 8.26. The van der Waals surface area contributed by atoms with Crippen LogP contribution in [-0.4, -0.2) is 58.7 Å². The Morgan fingerprint density at radius 2 is 1.84 bits per heavy atom. The highest BCUT2D eigenvalue weighted by Gasteiger charge is 2.17. The summed E-state index contributed by atoms with van der Waals surface area (Å²) in [6, 6.07) is 13.4. The van der Waals surface area contributed by atoms with Gasteiger partial charge in [0.1, 0.15) is 31.1 Å². The number of methoxy groups -OCH3 is 2. The summed E-state index contributed by atoms with van der Waals surface area (Å²) in [5.74, 6) is 1.41. The molecule has 0 bridgehead atoms. The highest BCUT2D eigenvalue weighted by molar-refractivity contribution is 5.99. The van der Waals surface area contributed by atoms with Crippen LogP contribution in [0, 0.1) is 0 Å². The van der Waals surface area contributed by atoms with Crippen molar-refractivity contribution in [2.24, 2.45) is 5.10 Å². The Morgan fingerprint density at radius 3 is 2.52 bits per heavy atom. The molecule has 1 amide bonds. The van der Waals surface area contributed by atoms with Crippen molar-refractivity contribution in [2.75, 3.05) is 52.4 Å². The van der Waals surface area contributed by atoms with Crippen LogP contribution in [-0.2, 0) is 16.1 Å². The van der Waals surface area contributed by atoms with Gasteiger partial charge in [0.05, 0.1) is 39.7 Å². The largest absolute Gasteiger partial charge is 0.497 e. The molecule has 2 aromatic carbocycles. The Bertz CT molecular complexity index is 893. The summed E-state index contributed by atoms with van der Waals surface area (Å²) in [6.45, 7) is 6.41. The summed E-state index contributed by atoms with van der Waals surface area (Å²) >= 11 is 0. The van der Waals surface area contributed by atoms with E-state index in [0.717, 1.165) is 66.9 Å². The van der Waals surface area contributed by atoms with Crippen molar-refractivity contribution in [3.63, 3.8) is 0 Å². The van der Waals surface area contributed by atoms with Gasteiger partial charge in [0.25, 0.3) is 5.91 Å². The number of amides is 1. The SMILES string of the molecule is COc1ccc(NCC(=O)N/N=C(/C)c2ccc(OC)c(C[NH+]3CCOCC3)c2)cc1. The van der Waals surface area contributed by atoms with Crippen molar-refractivity contribution in [3.8, 4) is 11.5 Å². The number of hydrazone groups is 1. The predicted molar refractivity (Wildman–Crippen MR) is 120 cm³/mol. The van der Waals surface area contributed by atoms with E-state index in [1.165, 1.54) is 4.90 Å². The molecule has 0 atom stereocenters. The number of nitrogens with one attached hydrogen (secondary N) is 3. The maximum Gasteiger partial charge on any atom is 0.259 e. The van der Waals surface area contributed by atoms with Gasteiger partial charge in [-0.3, -0.25) is 4.79 Å². The minimum absolute atomic E-state index is 0.122. The first kappa shape index (κ1) is 22.6. The average Bonchev–Trinajstić information content (AvgIpc) is 2.82. The van der Waals surface area contributed by atoms with E-state index in [-0.39, 0.29) is 12.5 Å². The summed E-state index contributed by atoms with van der Waals surface area (Å²) in [4.78, 5) is 13.6. The first-order chi connectivity index (χ1) is 15.1. The minimum Gasteiger partial charge on any atom is -0.497 e. The van der Waals surface area contributed by atoms with E-state index >= 15 is 0 Å². The summed E-state index contributed by atoms with van der Waals surface area (Å²) in [5, 5.41) is 7.33. The van der Waals surface area contributed by atoms with Crippen molar-refractivity contribution >= 4 is 17.3 Å². The first-order valence-electron chi connectivity index (χ1n) is 10.4. The van der Waals surface area contributed by atoms with Crippen LogP contribution in [0.1, 0.15) is 18.1 Å². The molecule has 0 spiro atoms. The minimum atomic E-state index is -0.221. The van der Waals surface area contributed by atoms with Crippen LogP contribution >= 0.6 is 0 Å². The van der Waals surface area contributed by atoms with Gasteiger partial charge in [0.15, 0.2) is 0 Å². The number of rotatable bonds is 9. The predicted octanol–water partition coefficient (Wildman–Crippen LogP) is 1.07. The maximum atomic E-state index is 12.2. The molecule has 1 aliphatic heterocycles. The number of carbonyl (C=O) groups excluding carboxylic acids is 1. The number of benzene rings is 2. The fourth-order valence-electron chi connectivity index (χ4n) is 3.39. The summed E-state index contributed by atoms with van der Waals surface area (Å²) in [6.07, 6.45) is 0. The zero-order chi connectivity index (χ0) is 22.1. The molecule has 0 radical (unpaired) electrons. The number of carbonyl (C=O) groups is 1. The van der Waals surface area contributed by atoms with Crippen molar-refractivity contribution in [3.05, 3.63) is 53.6 Å². The molecule has 0 aliphatic carbocycles. The fourth-order valence-corrected chi connectivity index (χ4v) is 3.39. The van der Waals surface area contributed by atoms with Crippen LogP contribution < -0.4 is 25.1 Å². The standard InChI is InChI=1S/C23H30N4O4/c1-17(25-26-23(28)15-24-20-5-7-21(29-2)8-6-20)18-4-9-22(30-3)19(14-18)16-27-10-12-31-13-11-27/h4-9,14,24H,10-13,15-16H2,1-3H3,(H,26,28)/p+1/b25-17-. The fraction of sp³-hybridized carbons (Fsp3) is 0.391. The van der Waals surface area contributed by atoms with Gasteiger partial charge in [-0.05, 0) is 55.0 Å². The molecule has 8 nitrogen and oxygen atoms in total. The number of nitrogens with zero attached hydrogens (tertiary/aromatic N) is 1. The van der Waals surface area contributed by atoms with Crippen molar-refractivity contribution in [1.29, 1.82) is 0 Å². The Labute approximate surface area is 183 Å². The van der Waals surface area contributed by atoms with Crippen LogP contribution in [0.4, 0.5) is 5.69 Å². The number of quaternary nitrogens is 1. The van der Waals surface area contributed by atoms with Crippen LogP contribution in [0.2, 0.25) is 0 Å². The second-order valence-electron chi connectivity index (χ2n) is 7.38. The van der Waals surface area contributed by atoms with Gasteiger partial charge < -0.3 is 24.4 Å². The van der Waals surface area contributed by atoms with Crippen LogP contribution in [0.15, 0.2) is 47.6 Å². The Balaban J connectivity index is 1.57. The molecule has 0 saturated carbocycles. The van der Waals surface area contributed by atoms with E-state index in [9.17, 15) is 4.79 Å². The molecule has 1 fully saturated rings. The van der Waals surface area contributed by atoms with Crippen molar-refractivity contribution < 1.29 is 23.9 Å². The maximum absolute atomic E-state index is 12.2. The number of hydrogen-bond acceptors (Lipinski definition) is 6. The van der Waals surface area contributed by atoms with E-state index < -0.39 is 0 Å². The van der Waals surface area contributed by atoms with E-state index in [2.05, 4.69) is 21.9 Å². The van der Waals surface area contributed by atoms with Gasteiger partial charge in [0, 0.05) is 11.3 Å². The zero-order valence-corrected chi connectivity index (χ0v) is 18.4. The molecule has 3 rings (SSSR count). The lowest BCUT2D eigenvalue weighted by Crippen LogP contribution is -3.12. The molecule has 2 aromatic rings. The normalized spacial score (nSPS) is 14.7. The summed E-state index contributed by atoms with van der Waals surface area (Å²) in [7, 11) is 3.30. The molecule has 1 aliphatic rings. The number of anilines is 1. The van der Waals surface area contributed by atoms with E-state index in [1.807, 2.05) is 43.3 Å². The molecule has 0 unspecified atom stereocenters. The third-order valence-corrected chi connectivity index (χ3v) is 5.23.